The Bertz CT molecular complexity index is 582. The topological polar surface area (TPSA) is 61.8 Å². The lowest BCUT2D eigenvalue weighted by Crippen LogP contribution is -2.51. The van der Waals surface area contributed by atoms with Gasteiger partial charge in [-0.05, 0) is 37.3 Å². The molecular weight excluding hydrogens is 304 g/mol. The summed E-state index contributed by atoms with van der Waals surface area (Å²) in [4.78, 5) is 14.6. The van der Waals surface area contributed by atoms with Crippen LogP contribution in [0.25, 0.3) is 0 Å². The van der Waals surface area contributed by atoms with E-state index in [1.807, 2.05) is 12.1 Å². The number of morpholine rings is 1. The van der Waals surface area contributed by atoms with Crippen molar-refractivity contribution in [1.82, 2.24) is 10.2 Å². The molecule has 0 aromatic heterocycles. The van der Waals surface area contributed by atoms with Crippen molar-refractivity contribution in [3.05, 3.63) is 35.4 Å². The highest BCUT2D eigenvalue weighted by molar-refractivity contribution is 5.83. The molecule has 0 spiro atoms. The molecule has 1 amide bonds. The fourth-order valence-electron chi connectivity index (χ4n) is 3.54. The van der Waals surface area contributed by atoms with E-state index in [2.05, 4.69) is 29.3 Å². The van der Waals surface area contributed by atoms with Crippen molar-refractivity contribution in [3.8, 4) is 0 Å². The third kappa shape index (κ3) is 4.35. The number of rotatable bonds is 6. The van der Waals surface area contributed by atoms with Crippen molar-refractivity contribution in [1.29, 1.82) is 0 Å². The van der Waals surface area contributed by atoms with Crippen LogP contribution in [-0.4, -0.2) is 60.9 Å². The van der Waals surface area contributed by atoms with E-state index < -0.39 is 5.60 Å². The molecule has 0 unspecified atom stereocenters. The van der Waals surface area contributed by atoms with Crippen LogP contribution in [0.4, 0.5) is 0 Å². The maximum Gasteiger partial charge on any atom is 0.223 e. The molecule has 132 valence electrons. The first-order valence-electron chi connectivity index (χ1n) is 8.82. The number of hydrogen-bond acceptors (Lipinski definition) is 4. The van der Waals surface area contributed by atoms with E-state index in [1.54, 1.807) is 6.92 Å². The van der Waals surface area contributed by atoms with Crippen LogP contribution < -0.4 is 5.32 Å². The molecular formula is C19H28N2O3. The molecule has 1 aliphatic carbocycles. The van der Waals surface area contributed by atoms with E-state index in [0.29, 0.717) is 32.2 Å². The molecule has 1 aromatic carbocycles. The molecule has 2 fully saturated rings. The summed E-state index contributed by atoms with van der Waals surface area (Å²) in [5.74, 6) is 0.436. The zero-order valence-corrected chi connectivity index (χ0v) is 14.6. The number of β-amino-alcohol motifs (C(OH)–C–C–N with tert-alkyl or cyclic N) is 1. The van der Waals surface area contributed by atoms with Crippen LogP contribution in [0.15, 0.2) is 24.3 Å². The summed E-state index contributed by atoms with van der Waals surface area (Å²) in [5.41, 5.74) is 1.61. The van der Waals surface area contributed by atoms with Gasteiger partial charge in [0.1, 0.15) is 0 Å². The Labute approximate surface area is 144 Å². The van der Waals surface area contributed by atoms with Crippen LogP contribution >= 0.6 is 0 Å². The summed E-state index contributed by atoms with van der Waals surface area (Å²) < 4.78 is 5.32. The van der Waals surface area contributed by atoms with Gasteiger partial charge in [0.25, 0.3) is 0 Å². The minimum absolute atomic E-state index is 0.0466. The van der Waals surface area contributed by atoms with Crippen LogP contribution in [0.2, 0.25) is 0 Å². The van der Waals surface area contributed by atoms with Crippen molar-refractivity contribution in [2.24, 2.45) is 5.92 Å². The van der Waals surface area contributed by atoms with E-state index >= 15 is 0 Å². The standard InChI is InChI=1S/C19H28N2O3/c1-14-5-3-4-6-15(14)16-11-17(16)18(22)20-12-19(2,23)13-21-7-9-24-10-8-21/h3-6,16-17,23H,7-13H2,1-2H3,(H,20,22)/t16-,17-,19+/m1/s1. The lowest BCUT2D eigenvalue weighted by Gasteiger charge is -2.33. The van der Waals surface area contributed by atoms with Crippen LogP contribution in [0, 0.1) is 12.8 Å². The van der Waals surface area contributed by atoms with E-state index in [4.69, 9.17) is 4.74 Å². The number of aryl methyl sites for hydroxylation is 1. The predicted molar refractivity (Wildman–Crippen MR) is 92.9 cm³/mol. The fraction of sp³-hybridized carbons (Fsp3) is 0.632. The molecule has 1 saturated carbocycles. The Morgan fingerprint density at radius 2 is 2.08 bits per heavy atom. The van der Waals surface area contributed by atoms with Crippen molar-refractivity contribution >= 4 is 5.91 Å². The van der Waals surface area contributed by atoms with Gasteiger partial charge in [-0.2, -0.15) is 0 Å². The molecule has 3 rings (SSSR count). The van der Waals surface area contributed by atoms with Gasteiger partial charge in [-0.25, -0.2) is 0 Å². The molecule has 1 heterocycles. The smallest absolute Gasteiger partial charge is 0.223 e. The monoisotopic (exact) mass is 332 g/mol. The van der Waals surface area contributed by atoms with E-state index in [1.165, 1.54) is 11.1 Å². The highest BCUT2D eigenvalue weighted by Crippen LogP contribution is 2.48. The van der Waals surface area contributed by atoms with E-state index in [9.17, 15) is 9.90 Å². The average Bonchev–Trinajstić information content (AvgIpc) is 3.34. The summed E-state index contributed by atoms with van der Waals surface area (Å²) in [6, 6.07) is 8.26. The molecule has 24 heavy (non-hydrogen) atoms. The number of hydrogen-bond donors (Lipinski definition) is 2. The predicted octanol–water partition coefficient (Wildman–Crippen LogP) is 1.30. The Hall–Kier alpha value is -1.43. The molecule has 1 saturated heterocycles. The first-order valence-corrected chi connectivity index (χ1v) is 8.82. The fourth-order valence-corrected chi connectivity index (χ4v) is 3.54. The normalized spacial score (nSPS) is 26.6. The van der Waals surface area contributed by atoms with Crippen molar-refractivity contribution in [2.45, 2.75) is 31.8 Å². The van der Waals surface area contributed by atoms with Crippen LogP contribution in [-0.2, 0) is 9.53 Å². The Morgan fingerprint density at radius 1 is 1.38 bits per heavy atom. The second kappa shape index (κ2) is 7.21. The number of carbonyl (C=O) groups excluding carboxylic acids is 1. The molecule has 2 aliphatic rings. The number of amides is 1. The molecule has 0 radical (unpaired) electrons. The van der Waals surface area contributed by atoms with Gasteiger partial charge in [0.2, 0.25) is 5.91 Å². The Morgan fingerprint density at radius 3 is 2.79 bits per heavy atom. The summed E-state index contributed by atoms with van der Waals surface area (Å²) in [5, 5.41) is 13.5. The lowest BCUT2D eigenvalue weighted by molar-refractivity contribution is -0.123. The second-order valence-electron chi connectivity index (χ2n) is 7.41. The van der Waals surface area contributed by atoms with Gasteiger partial charge in [-0.15, -0.1) is 0 Å². The highest BCUT2D eigenvalue weighted by Gasteiger charge is 2.44. The molecule has 0 bridgehead atoms. The minimum atomic E-state index is -0.917. The molecule has 5 nitrogen and oxygen atoms in total. The Kier molecular flexibility index (Phi) is 5.23. The highest BCUT2D eigenvalue weighted by atomic mass is 16.5. The number of aliphatic hydroxyl groups is 1. The summed E-state index contributed by atoms with van der Waals surface area (Å²) in [6.07, 6.45) is 0.905. The van der Waals surface area contributed by atoms with Crippen LogP contribution in [0.1, 0.15) is 30.4 Å². The maximum atomic E-state index is 12.4. The van der Waals surface area contributed by atoms with Crippen molar-refractivity contribution in [2.75, 3.05) is 39.4 Å². The summed E-state index contributed by atoms with van der Waals surface area (Å²) in [7, 11) is 0. The number of ether oxygens (including phenoxy) is 1. The van der Waals surface area contributed by atoms with Crippen molar-refractivity contribution in [3.63, 3.8) is 0 Å². The number of carbonyl (C=O) groups is 1. The van der Waals surface area contributed by atoms with Gasteiger partial charge in [0, 0.05) is 32.1 Å². The minimum Gasteiger partial charge on any atom is -0.387 e. The largest absolute Gasteiger partial charge is 0.387 e. The van der Waals surface area contributed by atoms with Crippen LogP contribution in [0.3, 0.4) is 0 Å². The third-order valence-corrected chi connectivity index (χ3v) is 5.03. The molecule has 1 aromatic rings. The zero-order chi connectivity index (χ0) is 17.2. The molecule has 3 atom stereocenters. The molecule has 5 heteroatoms. The first-order chi connectivity index (χ1) is 11.5. The van der Waals surface area contributed by atoms with Gasteiger partial charge >= 0.3 is 0 Å². The second-order valence-corrected chi connectivity index (χ2v) is 7.41. The van der Waals surface area contributed by atoms with Gasteiger partial charge in [0.15, 0.2) is 0 Å². The van der Waals surface area contributed by atoms with Gasteiger partial charge in [-0.3, -0.25) is 9.69 Å². The first kappa shape index (κ1) is 17.4. The molecule has 2 N–H and O–H groups in total. The quantitative estimate of drug-likeness (QED) is 0.824. The Balaban J connectivity index is 1.46. The average molecular weight is 332 g/mol. The zero-order valence-electron chi connectivity index (χ0n) is 14.6. The number of benzene rings is 1. The number of nitrogens with one attached hydrogen (secondary N) is 1. The summed E-state index contributed by atoms with van der Waals surface area (Å²) in [6.45, 7) is 7.82. The van der Waals surface area contributed by atoms with Crippen LogP contribution in [0.5, 0.6) is 0 Å². The van der Waals surface area contributed by atoms with E-state index in [0.717, 1.165) is 19.5 Å². The SMILES string of the molecule is Cc1ccccc1[C@H]1C[C@H]1C(=O)NC[C@](C)(O)CN1CCOCC1. The number of nitrogens with zero attached hydrogens (tertiary/aromatic N) is 1. The van der Waals surface area contributed by atoms with Gasteiger partial charge < -0.3 is 15.2 Å². The lowest BCUT2D eigenvalue weighted by atomic mass is 10.0. The van der Waals surface area contributed by atoms with Crippen molar-refractivity contribution < 1.29 is 14.6 Å². The maximum absolute atomic E-state index is 12.4. The summed E-state index contributed by atoms with van der Waals surface area (Å²) >= 11 is 0. The molecule has 1 aliphatic heterocycles. The van der Waals surface area contributed by atoms with Gasteiger partial charge in [-0.1, -0.05) is 24.3 Å². The van der Waals surface area contributed by atoms with E-state index in [-0.39, 0.29) is 11.8 Å². The van der Waals surface area contributed by atoms with Gasteiger partial charge in [0.05, 0.1) is 18.8 Å². The third-order valence-electron chi connectivity index (χ3n) is 5.03.